The van der Waals surface area contributed by atoms with Crippen LogP contribution in [0.4, 0.5) is 62.6 Å². The van der Waals surface area contributed by atoms with Gasteiger partial charge in [-0.3, -0.25) is 0 Å². The minimum Gasteiger partial charge on any atom is -0.334 e. The Morgan fingerprint density at radius 1 is 0.314 bits per heavy atom. The Balaban J connectivity index is 0.947. The minimum absolute atomic E-state index is 0.186. The third-order valence-corrected chi connectivity index (χ3v) is 14.0. The molecular formula is C66H54N4. The first kappa shape index (κ1) is 42.7. The fourth-order valence-corrected chi connectivity index (χ4v) is 10.5. The highest BCUT2D eigenvalue weighted by Crippen LogP contribution is 2.43. The average molecular weight is 903 g/mol. The summed E-state index contributed by atoms with van der Waals surface area (Å²) >= 11 is 0. The van der Waals surface area contributed by atoms with Crippen LogP contribution in [0, 0.1) is 0 Å². The van der Waals surface area contributed by atoms with E-state index in [0.717, 1.165) is 89.0 Å². The van der Waals surface area contributed by atoms with Gasteiger partial charge in [0, 0.05) is 62.6 Å². The van der Waals surface area contributed by atoms with Gasteiger partial charge in [-0.05, 0) is 199 Å². The van der Waals surface area contributed by atoms with Crippen LogP contribution in [-0.4, -0.2) is 6.04 Å². The van der Waals surface area contributed by atoms with Crippen LogP contribution in [0.2, 0.25) is 0 Å². The predicted octanol–water partition coefficient (Wildman–Crippen LogP) is 18.2. The number of aryl methyl sites for hydroxylation is 2. The Morgan fingerprint density at radius 3 is 1.39 bits per heavy atom. The molecule has 3 aliphatic carbocycles. The van der Waals surface area contributed by atoms with E-state index >= 15 is 0 Å². The largest absolute Gasteiger partial charge is 0.334 e. The lowest BCUT2D eigenvalue weighted by Crippen LogP contribution is -2.29. The molecule has 0 aromatic heterocycles. The molecule has 1 unspecified atom stereocenters. The van der Waals surface area contributed by atoms with Crippen molar-refractivity contribution in [3.8, 4) is 0 Å². The highest BCUT2D eigenvalue weighted by Gasteiger charge is 2.23. The van der Waals surface area contributed by atoms with Gasteiger partial charge in [-0.25, -0.2) is 0 Å². The monoisotopic (exact) mass is 902 g/mol. The Hall–Kier alpha value is -8.60. The van der Waals surface area contributed by atoms with Gasteiger partial charge in [0.15, 0.2) is 0 Å². The van der Waals surface area contributed by atoms with Gasteiger partial charge in [0.25, 0.3) is 0 Å². The van der Waals surface area contributed by atoms with E-state index in [1.165, 1.54) is 38.7 Å². The van der Waals surface area contributed by atoms with Crippen LogP contribution < -0.4 is 19.6 Å². The first-order chi connectivity index (χ1) is 34.7. The summed E-state index contributed by atoms with van der Waals surface area (Å²) in [6.07, 6.45) is 23.2. The first-order valence-electron chi connectivity index (χ1n) is 24.7. The number of allylic oxidation sites excluding steroid dienone is 4. The summed E-state index contributed by atoms with van der Waals surface area (Å²) in [6, 6.07) is 78.2. The smallest absolute Gasteiger partial charge is 0.0559 e. The fourth-order valence-electron chi connectivity index (χ4n) is 10.5. The van der Waals surface area contributed by atoms with Crippen molar-refractivity contribution in [2.45, 2.75) is 38.1 Å². The number of anilines is 11. The second-order valence-corrected chi connectivity index (χ2v) is 18.4. The second kappa shape index (κ2) is 19.2. The number of para-hydroxylation sites is 2. The van der Waals surface area contributed by atoms with Crippen molar-refractivity contribution >= 4 is 85.5 Å². The Labute approximate surface area is 412 Å². The molecule has 0 N–H and O–H groups in total. The highest BCUT2D eigenvalue weighted by molar-refractivity contribution is 5.88. The van der Waals surface area contributed by atoms with E-state index in [1.807, 2.05) is 0 Å². The van der Waals surface area contributed by atoms with Crippen LogP contribution >= 0.6 is 0 Å². The van der Waals surface area contributed by atoms with Crippen molar-refractivity contribution in [3.05, 3.63) is 271 Å². The van der Waals surface area contributed by atoms with E-state index in [0.29, 0.717) is 0 Å². The Kier molecular flexibility index (Phi) is 11.7. The van der Waals surface area contributed by atoms with Gasteiger partial charge in [-0.2, -0.15) is 0 Å². The summed E-state index contributed by atoms with van der Waals surface area (Å²) in [7, 11) is 0. The molecule has 0 amide bonds. The molecule has 9 aromatic carbocycles. The molecular weight excluding hydrogens is 849 g/mol. The number of fused-ring (bicyclic) bond motifs is 3. The fraction of sp³-hybridized carbons (Fsp3) is 0.0909. The lowest BCUT2D eigenvalue weighted by molar-refractivity contribution is 0.785. The SMILES string of the molecule is C1=CCC(N(c2ccc(N(c3ccc(N(c4ccccc4)c4ccc5c(c4)C=CCC5)cc3)c3ccc(N(c4ccccc4)c4ccc5c(c4)CCC=C5)cc3)cc2)c2ccc3ccccc3c2)C=C1. The molecule has 0 fully saturated rings. The van der Waals surface area contributed by atoms with Crippen LogP contribution in [0.1, 0.15) is 41.5 Å². The number of benzene rings is 9. The minimum atomic E-state index is 0.186. The number of hydrogen-bond acceptors (Lipinski definition) is 4. The van der Waals surface area contributed by atoms with E-state index in [2.05, 4.69) is 281 Å². The summed E-state index contributed by atoms with van der Waals surface area (Å²) < 4.78 is 0. The summed E-state index contributed by atoms with van der Waals surface area (Å²) in [4.78, 5) is 9.61. The van der Waals surface area contributed by atoms with Crippen molar-refractivity contribution in [3.63, 3.8) is 0 Å². The average Bonchev–Trinajstić information content (AvgIpc) is 3.43. The molecule has 338 valence electrons. The molecule has 12 rings (SSSR count). The van der Waals surface area contributed by atoms with Gasteiger partial charge in [-0.1, -0.05) is 127 Å². The maximum absolute atomic E-state index is 2.48. The zero-order valence-corrected chi connectivity index (χ0v) is 39.2. The molecule has 9 aromatic rings. The van der Waals surface area contributed by atoms with Gasteiger partial charge >= 0.3 is 0 Å². The molecule has 0 spiro atoms. The lowest BCUT2D eigenvalue weighted by atomic mass is 9.96. The highest BCUT2D eigenvalue weighted by atomic mass is 15.2. The van der Waals surface area contributed by atoms with Gasteiger partial charge in [-0.15, -0.1) is 0 Å². The van der Waals surface area contributed by atoms with Crippen LogP contribution in [0.3, 0.4) is 0 Å². The van der Waals surface area contributed by atoms with Crippen molar-refractivity contribution in [1.82, 2.24) is 0 Å². The molecule has 0 saturated carbocycles. The van der Waals surface area contributed by atoms with Crippen molar-refractivity contribution in [1.29, 1.82) is 0 Å². The quantitative estimate of drug-likeness (QED) is 0.121. The zero-order chi connectivity index (χ0) is 46.6. The van der Waals surface area contributed by atoms with Crippen molar-refractivity contribution in [2.24, 2.45) is 0 Å². The van der Waals surface area contributed by atoms with E-state index in [4.69, 9.17) is 0 Å². The summed E-state index contributed by atoms with van der Waals surface area (Å²) in [5.41, 5.74) is 17.7. The van der Waals surface area contributed by atoms with Crippen LogP contribution in [0.5, 0.6) is 0 Å². The van der Waals surface area contributed by atoms with Crippen LogP contribution in [0.25, 0.3) is 22.9 Å². The van der Waals surface area contributed by atoms with Gasteiger partial charge in [0.2, 0.25) is 0 Å². The standard InChI is InChI=1S/C66H54N4/c1-4-22-55(23-5-1)68(64-31-28-49-16-10-13-19-52(49)46-64)61-40-34-58(35-41-61)67(59-36-42-62(43-37-59)69(56-24-6-2-7-25-56)65-32-29-50-17-11-14-20-53(50)47-65)60-38-44-63(45-39-60)70(57-26-8-3-9-27-57)66-33-30-51-18-12-15-21-54(51)48-66/h1-11,13,15-17,19,21-22,24-48,55H,12,14,18,20,23H2. The predicted molar refractivity (Wildman–Crippen MR) is 298 cm³/mol. The molecule has 0 heterocycles. The molecule has 0 aliphatic heterocycles. The summed E-state index contributed by atoms with van der Waals surface area (Å²) in [5, 5.41) is 2.48. The first-order valence-corrected chi connectivity index (χ1v) is 24.7. The molecule has 0 bridgehead atoms. The third kappa shape index (κ3) is 8.61. The van der Waals surface area contributed by atoms with Gasteiger partial charge in [0.05, 0.1) is 6.04 Å². The third-order valence-electron chi connectivity index (χ3n) is 14.0. The van der Waals surface area contributed by atoms with E-state index in [1.54, 1.807) is 0 Å². The van der Waals surface area contributed by atoms with Crippen LogP contribution in [-0.2, 0) is 12.8 Å². The number of hydrogen-bond donors (Lipinski definition) is 0. The van der Waals surface area contributed by atoms with Gasteiger partial charge in [0.1, 0.15) is 0 Å². The normalized spacial score (nSPS) is 14.5. The molecule has 3 aliphatic rings. The van der Waals surface area contributed by atoms with E-state index in [-0.39, 0.29) is 6.04 Å². The Morgan fingerprint density at radius 2 is 0.786 bits per heavy atom. The van der Waals surface area contributed by atoms with Gasteiger partial charge < -0.3 is 19.6 Å². The topological polar surface area (TPSA) is 13.0 Å². The summed E-state index contributed by atoms with van der Waals surface area (Å²) in [6.45, 7) is 0. The summed E-state index contributed by atoms with van der Waals surface area (Å²) in [5.74, 6) is 0. The molecule has 0 saturated heterocycles. The second-order valence-electron chi connectivity index (χ2n) is 18.4. The molecule has 4 heteroatoms. The molecule has 0 radical (unpaired) electrons. The maximum Gasteiger partial charge on any atom is 0.0559 e. The molecule has 70 heavy (non-hydrogen) atoms. The van der Waals surface area contributed by atoms with E-state index in [9.17, 15) is 0 Å². The maximum atomic E-state index is 2.48. The van der Waals surface area contributed by atoms with E-state index < -0.39 is 0 Å². The molecule has 1 atom stereocenters. The lowest BCUT2D eigenvalue weighted by Gasteiger charge is -2.33. The Bertz CT molecular complexity index is 3410. The number of rotatable bonds is 12. The van der Waals surface area contributed by atoms with Crippen molar-refractivity contribution in [2.75, 3.05) is 19.6 Å². The molecule has 4 nitrogen and oxygen atoms in total. The number of nitrogens with zero attached hydrogens (tertiary/aromatic N) is 4. The van der Waals surface area contributed by atoms with Crippen molar-refractivity contribution < 1.29 is 0 Å². The van der Waals surface area contributed by atoms with Crippen LogP contribution in [0.15, 0.2) is 249 Å². The zero-order valence-electron chi connectivity index (χ0n) is 39.2.